The molecule has 2 saturated heterocycles. The Bertz CT molecular complexity index is 357. The Labute approximate surface area is 92.5 Å². The van der Waals surface area contributed by atoms with Crippen molar-refractivity contribution in [1.29, 1.82) is 5.41 Å². The van der Waals surface area contributed by atoms with Crippen LogP contribution >= 0.6 is 0 Å². The predicted octanol–water partition coefficient (Wildman–Crippen LogP) is -0.242. The molecule has 2 heterocycles. The number of amidine groups is 1. The highest BCUT2D eigenvalue weighted by atomic mass is 16.5. The van der Waals surface area contributed by atoms with E-state index in [1.165, 1.54) is 11.8 Å². The Hall–Kier alpha value is -1.63. The molecule has 0 unspecified atom stereocenters. The number of hydrogen-bond donors (Lipinski definition) is 3. The first kappa shape index (κ1) is 10.9. The molecule has 2 aliphatic rings. The van der Waals surface area contributed by atoms with E-state index in [1.54, 1.807) is 0 Å². The molecule has 2 atom stereocenters. The van der Waals surface area contributed by atoms with Crippen LogP contribution in [-0.2, 0) is 4.79 Å². The van der Waals surface area contributed by atoms with Gasteiger partial charge in [0.25, 0.3) is 0 Å². The van der Waals surface area contributed by atoms with Crippen LogP contribution < -0.4 is 5.32 Å². The molecule has 2 bridgehead atoms. The topological polar surface area (TPSA) is 96.7 Å². The number of hydroxylamine groups is 2. The summed E-state index contributed by atoms with van der Waals surface area (Å²) in [5, 5.41) is 20.2. The predicted molar refractivity (Wildman–Crippen MR) is 54.1 cm³/mol. The van der Waals surface area contributed by atoms with E-state index in [0.717, 1.165) is 5.06 Å². The number of urea groups is 1. The molecule has 7 heteroatoms. The van der Waals surface area contributed by atoms with E-state index in [2.05, 4.69) is 5.32 Å². The molecule has 3 N–H and O–H groups in total. The largest absolute Gasteiger partial charge is 0.344 e. The highest BCUT2D eigenvalue weighted by molar-refractivity contribution is 6.00. The van der Waals surface area contributed by atoms with E-state index in [0.29, 0.717) is 19.4 Å². The lowest BCUT2D eigenvalue weighted by Crippen LogP contribution is -2.50. The van der Waals surface area contributed by atoms with E-state index < -0.39 is 12.1 Å². The van der Waals surface area contributed by atoms with Gasteiger partial charge in [0.1, 0.15) is 5.84 Å². The van der Waals surface area contributed by atoms with E-state index in [1.807, 2.05) is 0 Å². The zero-order valence-corrected chi connectivity index (χ0v) is 8.93. The van der Waals surface area contributed by atoms with Gasteiger partial charge in [0.15, 0.2) is 0 Å². The first-order valence-corrected chi connectivity index (χ1v) is 5.15. The summed E-state index contributed by atoms with van der Waals surface area (Å²) in [6.07, 6.45) is 1.23. The Morgan fingerprint density at radius 1 is 1.56 bits per heavy atom. The van der Waals surface area contributed by atoms with Gasteiger partial charge < -0.3 is 10.2 Å². The summed E-state index contributed by atoms with van der Waals surface area (Å²) >= 11 is 0. The van der Waals surface area contributed by atoms with Crippen molar-refractivity contribution in [2.45, 2.75) is 31.8 Å². The lowest BCUT2D eigenvalue weighted by Gasteiger charge is -2.30. The number of carbonyl (C=O) groups excluding carboxylic acids is 2. The van der Waals surface area contributed by atoms with Crippen LogP contribution in [0.25, 0.3) is 0 Å². The van der Waals surface area contributed by atoms with Crippen molar-refractivity contribution in [3.05, 3.63) is 0 Å². The summed E-state index contributed by atoms with van der Waals surface area (Å²) in [4.78, 5) is 23.8. The van der Waals surface area contributed by atoms with E-state index in [4.69, 9.17) is 5.41 Å². The van der Waals surface area contributed by atoms with Crippen molar-refractivity contribution in [2.75, 3.05) is 6.54 Å². The number of nitrogens with zero attached hydrogens (tertiary/aromatic N) is 2. The minimum Gasteiger partial charge on any atom is -0.313 e. The zero-order chi connectivity index (χ0) is 11.9. The zero-order valence-electron chi connectivity index (χ0n) is 8.93. The van der Waals surface area contributed by atoms with Gasteiger partial charge in [-0.2, -0.15) is 0 Å². The highest BCUT2D eigenvalue weighted by Crippen LogP contribution is 2.28. The summed E-state index contributed by atoms with van der Waals surface area (Å²) in [6, 6.07) is -1.08. The van der Waals surface area contributed by atoms with Crippen LogP contribution in [0.3, 0.4) is 0 Å². The van der Waals surface area contributed by atoms with Crippen molar-refractivity contribution in [3.63, 3.8) is 0 Å². The van der Waals surface area contributed by atoms with Crippen molar-refractivity contribution < 1.29 is 14.8 Å². The maximum atomic E-state index is 11.6. The second kappa shape index (κ2) is 3.75. The molecule has 16 heavy (non-hydrogen) atoms. The van der Waals surface area contributed by atoms with Crippen molar-refractivity contribution >= 4 is 17.8 Å². The van der Waals surface area contributed by atoms with Gasteiger partial charge >= 0.3 is 6.03 Å². The molecule has 88 valence electrons. The van der Waals surface area contributed by atoms with Gasteiger partial charge in [0.05, 0.1) is 12.1 Å². The fourth-order valence-corrected chi connectivity index (χ4v) is 2.22. The number of nitrogens with one attached hydrogen (secondary N) is 2. The maximum absolute atomic E-state index is 11.6. The standard InChI is InChI=1S/C9H14N4O3/c1-5(14)11-8(10)7-3-2-6-4-12(7)9(15)13(6)16/h6-7,16H,2-4H2,1H3,(H2,10,11,14)/t6-,7+/m1/s1. The number of amides is 3. The molecule has 0 aliphatic carbocycles. The molecule has 2 fully saturated rings. The second-order valence-electron chi connectivity index (χ2n) is 4.12. The number of rotatable bonds is 1. The molecule has 0 aromatic heterocycles. The van der Waals surface area contributed by atoms with Crippen LogP contribution in [0.15, 0.2) is 0 Å². The van der Waals surface area contributed by atoms with Gasteiger partial charge in [-0.05, 0) is 12.8 Å². The molecule has 0 radical (unpaired) electrons. The van der Waals surface area contributed by atoms with Gasteiger partial charge in [-0.1, -0.05) is 0 Å². The Balaban J connectivity index is 2.10. The highest BCUT2D eigenvalue weighted by Gasteiger charge is 2.45. The molecule has 0 spiro atoms. The fourth-order valence-electron chi connectivity index (χ4n) is 2.22. The van der Waals surface area contributed by atoms with Crippen molar-refractivity contribution in [2.24, 2.45) is 0 Å². The average molecular weight is 226 g/mol. The molecule has 0 saturated carbocycles. The van der Waals surface area contributed by atoms with Gasteiger partial charge in [-0.25, -0.2) is 9.86 Å². The van der Waals surface area contributed by atoms with Crippen LogP contribution in [0.4, 0.5) is 4.79 Å². The van der Waals surface area contributed by atoms with E-state index in [-0.39, 0.29) is 17.8 Å². The summed E-state index contributed by atoms with van der Waals surface area (Å²) in [6.45, 7) is 1.74. The smallest absolute Gasteiger partial charge is 0.313 e. The van der Waals surface area contributed by atoms with Crippen LogP contribution in [0, 0.1) is 5.41 Å². The molecule has 7 nitrogen and oxygen atoms in total. The minimum atomic E-state index is -0.484. The molecule has 3 amide bonds. The Morgan fingerprint density at radius 2 is 2.25 bits per heavy atom. The quantitative estimate of drug-likeness (QED) is 0.327. The molecule has 0 aromatic rings. The van der Waals surface area contributed by atoms with Crippen molar-refractivity contribution in [3.8, 4) is 0 Å². The summed E-state index contributed by atoms with van der Waals surface area (Å²) < 4.78 is 0. The minimum absolute atomic E-state index is 0.0228. The number of fused-ring (bicyclic) bond motifs is 2. The fraction of sp³-hybridized carbons (Fsp3) is 0.667. The Kier molecular flexibility index (Phi) is 2.55. The molecule has 2 aliphatic heterocycles. The first-order chi connectivity index (χ1) is 7.50. The summed E-state index contributed by atoms with van der Waals surface area (Å²) in [7, 11) is 0. The summed E-state index contributed by atoms with van der Waals surface area (Å²) in [5.74, 6) is -0.297. The van der Waals surface area contributed by atoms with Gasteiger partial charge in [0, 0.05) is 13.5 Å². The van der Waals surface area contributed by atoms with Gasteiger partial charge in [-0.3, -0.25) is 15.4 Å². The summed E-state index contributed by atoms with van der Waals surface area (Å²) in [5.41, 5.74) is 0. The lowest BCUT2D eigenvalue weighted by atomic mass is 10.00. The molecular formula is C9H14N4O3. The van der Waals surface area contributed by atoms with E-state index in [9.17, 15) is 14.8 Å². The normalized spacial score (nSPS) is 28.2. The number of hydrogen-bond acceptors (Lipinski definition) is 4. The van der Waals surface area contributed by atoms with Crippen LogP contribution in [0.1, 0.15) is 19.8 Å². The van der Waals surface area contributed by atoms with Gasteiger partial charge in [0.2, 0.25) is 5.91 Å². The molecule has 0 aromatic carbocycles. The van der Waals surface area contributed by atoms with Crippen LogP contribution in [0.5, 0.6) is 0 Å². The third-order valence-corrected chi connectivity index (χ3v) is 2.99. The lowest BCUT2D eigenvalue weighted by molar-refractivity contribution is -0.117. The van der Waals surface area contributed by atoms with Crippen LogP contribution in [0.2, 0.25) is 0 Å². The monoisotopic (exact) mass is 226 g/mol. The first-order valence-electron chi connectivity index (χ1n) is 5.15. The molecule has 2 rings (SSSR count). The second-order valence-corrected chi connectivity index (χ2v) is 4.12. The third kappa shape index (κ3) is 1.63. The molecular weight excluding hydrogens is 212 g/mol. The van der Waals surface area contributed by atoms with Gasteiger partial charge in [-0.15, -0.1) is 0 Å². The van der Waals surface area contributed by atoms with Crippen molar-refractivity contribution in [1.82, 2.24) is 15.3 Å². The number of carbonyl (C=O) groups is 2. The average Bonchev–Trinajstić information content (AvgIpc) is 2.43. The number of piperidine rings is 1. The SMILES string of the molecule is CC(=O)NC(=N)[C@@H]1CC[C@@H]2CN1C(=O)N2O. The maximum Gasteiger partial charge on any atom is 0.344 e. The third-order valence-electron chi connectivity index (χ3n) is 2.99. The Morgan fingerprint density at radius 3 is 2.88 bits per heavy atom. The van der Waals surface area contributed by atoms with E-state index >= 15 is 0 Å². The van der Waals surface area contributed by atoms with Crippen LogP contribution in [-0.4, -0.2) is 51.6 Å².